The number of allylic oxidation sites excluding steroid dienone is 2. The third-order valence-corrected chi connectivity index (χ3v) is 4.68. The van der Waals surface area contributed by atoms with Crippen LogP contribution in [0.1, 0.15) is 33.1 Å². The van der Waals surface area contributed by atoms with E-state index in [1.165, 1.54) is 12.8 Å². The second-order valence-electron chi connectivity index (χ2n) is 5.93. The zero-order valence-electron chi connectivity index (χ0n) is 10.1. The number of ether oxygens (including phenoxy) is 1. The lowest BCUT2D eigenvalue weighted by Gasteiger charge is -2.31. The van der Waals surface area contributed by atoms with Crippen LogP contribution in [0.2, 0.25) is 0 Å². The molecule has 0 aromatic rings. The van der Waals surface area contributed by atoms with Crippen molar-refractivity contribution in [1.82, 2.24) is 0 Å². The van der Waals surface area contributed by atoms with Crippen LogP contribution >= 0.6 is 0 Å². The van der Waals surface area contributed by atoms with Crippen molar-refractivity contribution in [1.29, 1.82) is 0 Å². The molecule has 3 aliphatic carbocycles. The number of hydrogen-bond donors (Lipinski definition) is 0. The smallest absolute Gasteiger partial charge is 0.308 e. The predicted octanol–water partition coefficient (Wildman–Crippen LogP) is 2.79. The highest BCUT2D eigenvalue weighted by Gasteiger charge is 2.53. The molecule has 2 saturated carbocycles. The molecule has 3 aliphatic rings. The fourth-order valence-electron chi connectivity index (χ4n) is 3.92. The Morgan fingerprint density at radius 2 is 2.12 bits per heavy atom. The fraction of sp³-hybridized carbons (Fsp3) is 0.786. The van der Waals surface area contributed by atoms with Crippen LogP contribution in [0.5, 0.6) is 0 Å². The standard InChI is InChI=1S/C14H20O2/c1-8(2)14(15)16-13-7-9-6-12(13)11-5-3-4-10(9)11/h3-4,8-13H,5-7H2,1-2H3/t9-,10?,11?,12?,13?/m1/s1. The Hall–Kier alpha value is -0.790. The molecular formula is C14H20O2. The van der Waals surface area contributed by atoms with Crippen molar-refractivity contribution in [3.63, 3.8) is 0 Å². The summed E-state index contributed by atoms with van der Waals surface area (Å²) >= 11 is 0. The van der Waals surface area contributed by atoms with Crippen LogP contribution in [-0.4, -0.2) is 12.1 Å². The first-order valence-corrected chi connectivity index (χ1v) is 6.54. The summed E-state index contributed by atoms with van der Waals surface area (Å²) in [6.45, 7) is 3.82. The van der Waals surface area contributed by atoms with E-state index in [-0.39, 0.29) is 18.0 Å². The molecule has 0 aromatic carbocycles. The van der Waals surface area contributed by atoms with Crippen molar-refractivity contribution in [3.8, 4) is 0 Å². The van der Waals surface area contributed by atoms with Crippen LogP contribution in [0.25, 0.3) is 0 Å². The average Bonchev–Trinajstić information content (AvgIpc) is 2.87. The molecule has 2 nitrogen and oxygen atoms in total. The SMILES string of the molecule is CC(C)C(=O)OC1C[C@H]2CC1C1CC=CC12. The number of esters is 1. The Bertz CT molecular complexity index is 332. The van der Waals surface area contributed by atoms with E-state index in [0.717, 1.165) is 24.2 Å². The zero-order valence-corrected chi connectivity index (χ0v) is 10.1. The Balaban J connectivity index is 1.67. The van der Waals surface area contributed by atoms with Crippen molar-refractivity contribution in [3.05, 3.63) is 12.2 Å². The van der Waals surface area contributed by atoms with Gasteiger partial charge in [-0.1, -0.05) is 26.0 Å². The molecule has 0 heterocycles. The highest BCUT2D eigenvalue weighted by Crippen LogP contribution is 2.57. The predicted molar refractivity (Wildman–Crippen MR) is 61.7 cm³/mol. The second-order valence-corrected chi connectivity index (χ2v) is 5.93. The molecule has 0 aliphatic heterocycles. The average molecular weight is 220 g/mol. The molecule has 0 spiro atoms. The van der Waals surface area contributed by atoms with Crippen LogP contribution in [0.15, 0.2) is 12.2 Å². The van der Waals surface area contributed by atoms with Crippen LogP contribution in [0.3, 0.4) is 0 Å². The van der Waals surface area contributed by atoms with E-state index in [1.807, 2.05) is 13.8 Å². The molecule has 2 fully saturated rings. The second kappa shape index (κ2) is 3.61. The Labute approximate surface area is 97.1 Å². The lowest BCUT2D eigenvalue weighted by Crippen LogP contribution is -2.33. The van der Waals surface area contributed by atoms with E-state index in [1.54, 1.807) is 0 Å². The van der Waals surface area contributed by atoms with Crippen molar-refractivity contribution < 1.29 is 9.53 Å². The first-order chi connectivity index (χ1) is 7.66. The Morgan fingerprint density at radius 3 is 2.88 bits per heavy atom. The van der Waals surface area contributed by atoms with Gasteiger partial charge in [0.25, 0.3) is 0 Å². The van der Waals surface area contributed by atoms with E-state index in [9.17, 15) is 4.79 Å². The lowest BCUT2D eigenvalue weighted by molar-refractivity contribution is -0.156. The van der Waals surface area contributed by atoms with Crippen molar-refractivity contribution >= 4 is 5.97 Å². The quantitative estimate of drug-likeness (QED) is 0.528. The van der Waals surface area contributed by atoms with Gasteiger partial charge in [0.15, 0.2) is 0 Å². The minimum atomic E-state index is -0.0138. The summed E-state index contributed by atoms with van der Waals surface area (Å²) in [5.74, 6) is 3.02. The van der Waals surface area contributed by atoms with Gasteiger partial charge < -0.3 is 4.74 Å². The minimum absolute atomic E-state index is 0.0108. The summed E-state index contributed by atoms with van der Waals surface area (Å²) in [5, 5.41) is 0. The molecule has 0 amide bonds. The minimum Gasteiger partial charge on any atom is -0.462 e. The van der Waals surface area contributed by atoms with Gasteiger partial charge in [0.05, 0.1) is 5.92 Å². The van der Waals surface area contributed by atoms with Crippen molar-refractivity contribution in [2.75, 3.05) is 0 Å². The van der Waals surface area contributed by atoms with E-state index in [0.29, 0.717) is 5.92 Å². The number of hydrogen-bond acceptors (Lipinski definition) is 2. The van der Waals surface area contributed by atoms with Gasteiger partial charge in [-0.3, -0.25) is 4.79 Å². The molecule has 2 bridgehead atoms. The molecule has 3 rings (SSSR count). The number of carbonyl (C=O) groups is 1. The van der Waals surface area contributed by atoms with Gasteiger partial charge in [-0.05, 0) is 42.9 Å². The van der Waals surface area contributed by atoms with Gasteiger partial charge in [-0.25, -0.2) is 0 Å². The summed E-state index contributed by atoms with van der Waals surface area (Å²) in [5.41, 5.74) is 0. The summed E-state index contributed by atoms with van der Waals surface area (Å²) < 4.78 is 5.65. The van der Waals surface area contributed by atoms with Crippen molar-refractivity contribution in [2.24, 2.45) is 29.6 Å². The maximum absolute atomic E-state index is 11.6. The van der Waals surface area contributed by atoms with Gasteiger partial charge >= 0.3 is 5.97 Å². The Morgan fingerprint density at radius 1 is 1.31 bits per heavy atom. The van der Waals surface area contributed by atoms with Crippen LogP contribution in [0.4, 0.5) is 0 Å². The zero-order chi connectivity index (χ0) is 11.3. The Kier molecular flexibility index (Phi) is 2.34. The molecule has 0 radical (unpaired) electrons. The third kappa shape index (κ3) is 1.42. The molecule has 4 unspecified atom stereocenters. The van der Waals surface area contributed by atoms with Crippen LogP contribution < -0.4 is 0 Å². The number of rotatable bonds is 2. The molecular weight excluding hydrogens is 200 g/mol. The van der Waals surface area contributed by atoms with E-state index >= 15 is 0 Å². The summed E-state index contributed by atoms with van der Waals surface area (Å²) in [6, 6.07) is 0. The highest BCUT2D eigenvalue weighted by molar-refractivity contribution is 5.71. The van der Waals surface area contributed by atoms with E-state index in [2.05, 4.69) is 12.2 Å². The summed E-state index contributed by atoms with van der Waals surface area (Å²) in [4.78, 5) is 11.6. The highest BCUT2D eigenvalue weighted by atomic mass is 16.5. The molecule has 2 heteroatoms. The van der Waals surface area contributed by atoms with Crippen LogP contribution in [0, 0.1) is 29.6 Å². The fourth-order valence-corrected chi connectivity index (χ4v) is 3.92. The molecule has 0 N–H and O–H groups in total. The molecule has 0 saturated heterocycles. The summed E-state index contributed by atoms with van der Waals surface area (Å²) in [7, 11) is 0. The molecule has 88 valence electrons. The van der Waals surface area contributed by atoms with Gasteiger partial charge in [0.2, 0.25) is 0 Å². The number of fused-ring (bicyclic) bond motifs is 5. The van der Waals surface area contributed by atoms with E-state index in [4.69, 9.17) is 4.74 Å². The first-order valence-electron chi connectivity index (χ1n) is 6.54. The van der Waals surface area contributed by atoms with Gasteiger partial charge in [-0.2, -0.15) is 0 Å². The van der Waals surface area contributed by atoms with Gasteiger partial charge in [-0.15, -0.1) is 0 Å². The molecule has 16 heavy (non-hydrogen) atoms. The maximum Gasteiger partial charge on any atom is 0.308 e. The van der Waals surface area contributed by atoms with E-state index < -0.39 is 0 Å². The monoisotopic (exact) mass is 220 g/mol. The third-order valence-electron chi connectivity index (χ3n) is 4.68. The normalized spacial score (nSPS) is 44.1. The largest absolute Gasteiger partial charge is 0.462 e. The molecule has 5 atom stereocenters. The van der Waals surface area contributed by atoms with Crippen LogP contribution in [-0.2, 0) is 9.53 Å². The van der Waals surface area contributed by atoms with Crippen molar-refractivity contribution in [2.45, 2.75) is 39.2 Å². The first kappa shape index (κ1) is 10.4. The lowest BCUT2D eigenvalue weighted by atomic mass is 9.80. The maximum atomic E-state index is 11.6. The van der Waals surface area contributed by atoms with Gasteiger partial charge in [0.1, 0.15) is 6.10 Å². The summed E-state index contributed by atoms with van der Waals surface area (Å²) in [6.07, 6.45) is 8.55. The topological polar surface area (TPSA) is 26.3 Å². The molecule has 0 aromatic heterocycles. The number of carbonyl (C=O) groups excluding carboxylic acids is 1. The van der Waals surface area contributed by atoms with Gasteiger partial charge in [0, 0.05) is 0 Å².